The van der Waals surface area contributed by atoms with Gasteiger partial charge >= 0.3 is 5.97 Å². The second-order valence-corrected chi connectivity index (χ2v) is 8.22. The first kappa shape index (κ1) is 23.1. The second kappa shape index (κ2) is 8.84. The van der Waals surface area contributed by atoms with Crippen molar-refractivity contribution in [3.05, 3.63) is 70.1 Å². The smallest absolute Gasteiger partial charge is 0.312 e. The average molecular weight is 490 g/mol. The Labute approximate surface area is 205 Å². The van der Waals surface area contributed by atoms with Crippen LogP contribution in [0.15, 0.2) is 57.9 Å². The van der Waals surface area contributed by atoms with Crippen molar-refractivity contribution in [3.8, 4) is 45.6 Å². The summed E-state index contributed by atoms with van der Waals surface area (Å²) >= 11 is 0. The van der Waals surface area contributed by atoms with Crippen LogP contribution in [-0.4, -0.2) is 37.5 Å². The number of phenols is 2. The van der Waals surface area contributed by atoms with Crippen molar-refractivity contribution in [2.24, 2.45) is 0 Å². The number of fused-ring (bicyclic) bond motifs is 3. The summed E-state index contributed by atoms with van der Waals surface area (Å²) in [5, 5.41) is 20.7. The van der Waals surface area contributed by atoms with Crippen LogP contribution in [0, 0.1) is 0 Å². The van der Waals surface area contributed by atoms with Crippen LogP contribution >= 0.6 is 0 Å². The largest absolute Gasteiger partial charge is 0.507 e. The molecule has 0 unspecified atom stereocenters. The highest BCUT2D eigenvalue weighted by molar-refractivity contribution is 5.94. The molecule has 4 aromatic rings. The Hall–Kier alpha value is -4.66. The van der Waals surface area contributed by atoms with Gasteiger partial charge in [-0.25, -0.2) is 0 Å². The Balaban J connectivity index is 1.74. The zero-order chi connectivity index (χ0) is 25.6. The van der Waals surface area contributed by atoms with Crippen molar-refractivity contribution in [2.75, 3.05) is 21.3 Å². The number of carbonyl (C=O) groups excluding carboxylic acids is 1. The predicted molar refractivity (Wildman–Crippen MR) is 129 cm³/mol. The summed E-state index contributed by atoms with van der Waals surface area (Å²) in [4.78, 5) is 26.0. The molecule has 2 N–H and O–H groups in total. The van der Waals surface area contributed by atoms with Gasteiger partial charge in [-0.1, -0.05) is 12.1 Å². The lowest BCUT2D eigenvalue weighted by atomic mass is 9.84. The highest BCUT2D eigenvalue weighted by atomic mass is 16.5. The summed E-state index contributed by atoms with van der Waals surface area (Å²) in [6, 6.07) is 11.0. The van der Waals surface area contributed by atoms with Gasteiger partial charge < -0.3 is 33.6 Å². The minimum Gasteiger partial charge on any atom is -0.507 e. The fourth-order valence-electron chi connectivity index (χ4n) is 4.53. The third kappa shape index (κ3) is 3.65. The molecule has 5 rings (SSSR count). The lowest BCUT2D eigenvalue weighted by molar-refractivity contribution is -0.135. The minimum atomic E-state index is -0.575. The van der Waals surface area contributed by atoms with E-state index in [1.54, 1.807) is 30.3 Å². The van der Waals surface area contributed by atoms with E-state index in [9.17, 15) is 19.8 Å². The molecule has 0 saturated heterocycles. The molecule has 0 aliphatic carbocycles. The first-order valence-electron chi connectivity index (χ1n) is 11.0. The molecule has 0 radical (unpaired) electrons. The third-order valence-corrected chi connectivity index (χ3v) is 6.27. The Morgan fingerprint density at radius 1 is 0.861 bits per heavy atom. The zero-order valence-corrected chi connectivity index (χ0v) is 19.7. The lowest BCUT2D eigenvalue weighted by Gasteiger charge is -2.26. The van der Waals surface area contributed by atoms with Crippen molar-refractivity contribution < 1.29 is 38.4 Å². The second-order valence-electron chi connectivity index (χ2n) is 8.22. The van der Waals surface area contributed by atoms with Gasteiger partial charge in [0.1, 0.15) is 28.7 Å². The Morgan fingerprint density at radius 2 is 1.61 bits per heavy atom. The van der Waals surface area contributed by atoms with Gasteiger partial charge in [-0.05, 0) is 35.4 Å². The van der Waals surface area contributed by atoms with Crippen molar-refractivity contribution in [1.29, 1.82) is 0 Å². The number of carbonyl (C=O) groups is 1. The standard InChI is InChI=1S/C27H22O9/c1-32-19-7-5-14(9-21(19)34-3)16-12-35-27-24-15(13-4-6-17(28)20(8-13)33-2)10-23(30)36-22(24)11-18(29)25(27)26(16)31/h4-9,11-12,15,28-29H,10H2,1-3H3/t15-/m1/s1. The molecule has 9 nitrogen and oxygen atoms in total. The van der Waals surface area contributed by atoms with E-state index in [-0.39, 0.29) is 46.0 Å². The molecule has 2 heterocycles. The monoisotopic (exact) mass is 490 g/mol. The highest BCUT2D eigenvalue weighted by Crippen LogP contribution is 2.46. The van der Waals surface area contributed by atoms with Crippen LogP contribution in [0.2, 0.25) is 0 Å². The van der Waals surface area contributed by atoms with E-state index < -0.39 is 17.3 Å². The molecule has 0 spiro atoms. The van der Waals surface area contributed by atoms with E-state index in [0.29, 0.717) is 28.2 Å². The van der Waals surface area contributed by atoms with E-state index >= 15 is 0 Å². The van der Waals surface area contributed by atoms with E-state index in [4.69, 9.17) is 23.4 Å². The third-order valence-electron chi connectivity index (χ3n) is 6.27. The Bertz CT molecular complexity index is 1570. The molecule has 1 atom stereocenters. The normalized spacial score (nSPS) is 14.8. The van der Waals surface area contributed by atoms with E-state index in [1.165, 1.54) is 39.7 Å². The topological polar surface area (TPSA) is 125 Å². The van der Waals surface area contributed by atoms with Crippen molar-refractivity contribution >= 4 is 16.9 Å². The first-order chi connectivity index (χ1) is 17.4. The summed E-state index contributed by atoms with van der Waals surface area (Å²) in [6.07, 6.45) is 1.26. The van der Waals surface area contributed by atoms with Gasteiger partial charge in [0.15, 0.2) is 23.0 Å². The van der Waals surface area contributed by atoms with E-state index in [2.05, 4.69) is 0 Å². The van der Waals surface area contributed by atoms with Crippen molar-refractivity contribution in [3.63, 3.8) is 0 Å². The molecule has 3 aromatic carbocycles. The molecule has 1 aromatic heterocycles. The van der Waals surface area contributed by atoms with Crippen molar-refractivity contribution in [2.45, 2.75) is 12.3 Å². The van der Waals surface area contributed by atoms with Crippen LogP contribution in [0.5, 0.6) is 34.5 Å². The van der Waals surface area contributed by atoms with Gasteiger partial charge in [-0.2, -0.15) is 0 Å². The average Bonchev–Trinajstić information content (AvgIpc) is 2.88. The lowest BCUT2D eigenvalue weighted by Crippen LogP contribution is -2.22. The molecule has 1 aliphatic heterocycles. The quantitative estimate of drug-likeness (QED) is 0.310. The predicted octanol–water partition coefficient (Wildman–Crippen LogP) is 4.34. The molecule has 184 valence electrons. The molecule has 1 aliphatic rings. The molecule has 0 fully saturated rings. The van der Waals surface area contributed by atoms with Crippen LogP contribution in [0.1, 0.15) is 23.5 Å². The summed E-state index contributed by atoms with van der Waals surface area (Å²) < 4.78 is 27.2. The molecule has 0 saturated carbocycles. The summed E-state index contributed by atoms with van der Waals surface area (Å²) in [6.45, 7) is 0. The fourth-order valence-corrected chi connectivity index (χ4v) is 4.53. The summed E-state index contributed by atoms with van der Waals surface area (Å²) in [5.74, 6) is -0.270. The van der Waals surface area contributed by atoms with Crippen LogP contribution < -0.4 is 24.4 Å². The Morgan fingerprint density at radius 3 is 2.33 bits per heavy atom. The number of hydrogen-bond donors (Lipinski definition) is 2. The van der Waals surface area contributed by atoms with Crippen LogP contribution in [0.25, 0.3) is 22.1 Å². The number of rotatable bonds is 5. The van der Waals surface area contributed by atoms with E-state index in [1.807, 2.05) is 0 Å². The van der Waals surface area contributed by atoms with Gasteiger partial charge in [0, 0.05) is 17.5 Å². The first-order valence-corrected chi connectivity index (χ1v) is 11.0. The SMILES string of the molecule is COc1cc([C@H]2CC(=O)Oc3cc(O)c4c(=O)c(-c5ccc(OC)c(OC)c5)coc4c32)ccc1O. The minimum absolute atomic E-state index is 0.0397. The number of phenolic OH excluding ortho intramolecular Hbond substituents is 2. The number of methoxy groups -OCH3 is 3. The maximum Gasteiger partial charge on any atom is 0.312 e. The van der Waals surface area contributed by atoms with Gasteiger partial charge in [0.2, 0.25) is 5.43 Å². The molecular formula is C27H22O9. The molecule has 0 bridgehead atoms. The van der Waals surface area contributed by atoms with Gasteiger partial charge in [-0.15, -0.1) is 0 Å². The number of esters is 1. The number of ether oxygens (including phenoxy) is 4. The number of hydrogen-bond acceptors (Lipinski definition) is 9. The highest BCUT2D eigenvalue weighted by Gasteiger charge is 2.34. The number of benzene rings is 3. The van der Waals surface area contributed by atoms with Gasteiger partial charge in [0.05, 0.1) is 33.3 Å². The number of aromatic hydroxyl groups is 2. The maximum atomic E-state index is 13.6. The summed E-state index contributed by atoms with van der Waals surface area (Å²) in [7, 11) is 4.42. The van der Waals surface area contributed by atoms with Crippen LogP contribution in [-0.2, 0) is 4.79 Å². The van der Waals surface area contributed by atoms with Gasteiger partial charge in [-0.3, -0.25) is 9.59 Å². The zero-order valence-electron chi connectivity index (χ0n) is 19.7. The molecular weight excluding hydrogens is 468 g/mol. The van der Waals surface area contributed by atoms with Crippen LogP contribution in [0.4, 0.5) is 0 Å². The molecule has 36 heavy (non-hydrogen) atoms. The fraction of sp³-hybridized carbons (Fsp3) is 0.185. The van der Waals surface area contributed by atoms with Gasteiger partial charge in [0.25, 0.3) is 0 Å². The van der Waals surface area contributed by atoms with Crippen LogP contribution in [0.3, 0.4) is 0 Å². The summed E-state index contributed by atoms with van der Waals surface area (Å²) in [5.41, 5.74) is 1.42. The van der Waals surface area contributed by atoms with E-state index in [0.717, 1.165) is 0 Å². The molecule has 0 amide bonds. The van der Waals surface area contributed by atoms with Crippen molar-refractivity contribution in [1.82, 2.24) is 0 Å². The maximum absolute atomic E-state index is 13.6. The molecule has 9 heteroatoms. The Kier molecular flexibility index (Phi) is 5.68.